The van der Waals surface area contributed by atoms with Crippen molar-refractivity contribution in [2.45, 2.75) is 20.0 Å². The highest BCUT2D eigenvalue weighted by molar-refractivity contribution is 5.87. The normalized spacial score (nSPS) is 11.9. The summed E-state index contributed by atoms with van der Waals surface area (Å²) in [6.45, 7) is 3.01. The van der Waals surface area contributed by atoms with E-state index in [2.05, 4.69) is 0 Å². The molecule has 0 heterocycles. The molecule has 1 aromatic carbocycles. The Morgan fingerprint density at radius 3 is 2.60 bits per heavy atom. The van der Waals surface area contributed by atoms with Gasteiger partial charge in [-0.05, 0) is 24.6 Å². The third-order valence-electron chi connectivity index (χ3n) is 1.95. The fourth-order valence-electron chi connectivity index (χ4n) is 1.24. The van der Waals surface area contributed by atoms with Crippen molar-refractivity contribution >= 4 is 11.9 Å². The van der Waals surface area contributed by atoms with Crippen LogP contribution in [0.15, 0.2) is 24.3 Å². The Kier molecular flexibility index (Phi) is 3.44. The number of hydrogen-bond acceptors (Lipinski definition) is 3. The van der Waals surface area contributed by atoms with Crippen LogP contribution in [-0.4, -0.2) is 17.0 Å². The van der Waals surface area contributed by atoms with E-state index in [-0.39, 0.29) is 11.5 Å². The molecule has 0 aromatic heterocycles. The Morgan fingerprint density at radius 1 is 1.40 bits per heavy atom. The molecule has 0 saturated heterocycles. The molecule has 0 amide bonds. The first-order chi connectivity index (χ1) is 7.00. The van der Waals surface area contributed by atoms with E-state index in [1.54, 1.807) is 19.1 Å². The molecular formula is C11H12O4. The summed E-state index contributed by atoms with van der Waals surface area (Å²) in [5.74, 6) is -1.38. The van der Waals surface area contributed by atoms with Crippen molar-refractivity contribution in [3.05, 3.63) is 35.4 Å². The molecule has 80 valence electrons. The lowest BCUT2D eigenvalue weighted by atomic mass is 10.1. The van der Waals surface area contributed by atoms with Gasteiger partial charge in [-0.3, -0.25) is 4.79 Å². The molecule has 15 heavy (non-hydrogen) atoms. The fraction of sp³-hybridized carbons (Fsp3) is 0.273. The van der Waals surface area contributed by atoms with Crippen LogP contribution in [0.4, 0.5) is 0 Å². The highest BCUT2D eigenvalue weighted by Gasteiger charge is 2.10. The van der Waals surface area contributed by atoms with Crippen molar-refractivity contribution in [3.63, 3.8) is 0 Å². The number of esters is 1. The second-order valence-electron chi connectivity index (χ2n) is 3.18. The van der Waals surface area contributed by atoms with Gasteiger partial charge >= 0.3 is 11.9 Å². The second kappa shape index (κ2) is 4.59. The number of carboxylic acid groups (broad SMARTS) is 1. The van der Waals surface area contributed by atoms with Crippen LogP contribution in [0.2, 0.25) is 0 Å². The molecule has 1 aromatic rings. The lowest BCUT2D eigenvalue weighted by Crippen LogP contribution is -2.06. The third-order valence-corrected chi connectivity index (χ3v) is 1.95. The van der Waals surface area contributed by atoms with E-state index in [1.807, 2.05) is 0 Å². The Balaban J connectivity index is 2.89. The molecule has 0 aliphatic rings. The number of carbonyl (C=O) groups is 2. The van der Waals surface area contributed by atoms with Gasteiger partial charge in [-0.25, -0.2) is 4.79 Å². The zero-order valence-corrected chi connectivity index (χ0v) is 8.56. The van der Waals surface area contributed by atoms with Gasteiger partial charge in [0.15, 0.2) is 0 Å². The average Bonchev–Trinajstić information content (AvgIpc) is 2.17. The molecule has 4 nitrogen and oxygen atoms in total. The maximum atomic E-state index is 10.7. The largest absolute Gasteiger partial charge is 0.478 e. The van der Waals surface area contributed by atoms with E-state index >= 15 is 0 Å². The van der Waals surface area contributed by atoms with Crippen molar-refractivity contribution in [3.8, 4) is 0 Å². The highest BCUT2D eigenvalue weighted by Crippen LogP contribution is 2.18. The number of carboxylic acids is 1. The van der Waals surface area contributed by atoms with Crippen LogP contribution in [0.1, 0.15) is 35.9 Å². The third kappa shape index (κ3) is 3.09. The molecule has 0 spiro atoms. The van der Waals surface area contributed by atoms with E-state index in [9.17, 15) is 9.59 Å². The smallest absolute Gasteiger partial charge is 0.335 e. The lowest BCUT2D eigenvalue weighted by molar-refractivity contribution is -0.145. The summed E-state index contributed by atoms with van der Waals surface area (Å²) in [5, 5.41) is 8.77. The average molecular weight is 208 g/mol. The molecule has 1 N–H and O–H groups in total. The predicted molar refractivity (Wildman–Crippen MR) is 53.6 cm³/mol. The van der Waals surface area contributed by atoms with Crippen molar-refractivity contribution in [2.75, 3.05) is 0 Å². The van der Waals surface area contributed by atoms with Gasteiger partial charge in [0.05, 0.1) is 5.56 Å². The van der Waals surface area contributed by atoms with Gasteiger partial charge in [-0.15, -0.1) is 0 Å². The Hall–Kier alpha value is -1.84. The molecule has 4 heteroatoms. The van der Waals surface area contributed by atoms with Gasteiger partial charge in [0.2, 0.25) is 0 Å². The maximum absolute atomic E-state index is 10.7. The number of hydrogen-bond donors (Lipinski definition) is 1. The first-order valence-electron chi connectivity index (χ1n) is 4.51. The van der Waals surface area contributed by atoms with Gasteiger partial charge in [0.1, 0.15) is 6.10 Å². The summed E-state index contributed by atoms with van der Waals surface area (Å²) in [5.41, 5.74) is 0.858. The first kappa shape index (κ1) is 11.2. The van der Waals surface area contributed by atoms with Crippen LogP contribution < -0.4 is 0 Å². The number of carbonyl (C=O) groups excluding carboxylic acids is 1. The Labute approximate surface area is 87.5 Å². The van der Waals surface area contributed by atoms with Gasteiger partial charge in [-0.1, -0.05) is 12.1 Å². The van der Waals surface area contributed by atoms with Crippen LogP contribution in [-0.2, 0) is 9.53 Å². The van der Waals surface area contributed by atoms with E-state index < -0.39 is 12.1 Å². The number of rotatable bonds is 3. The van der Waals surface area contributed by atoms with Crippen LogP contribution in [0.3, 0.4) is 0 Å². The van der Waals surface area contributed by atoms with E-state index in [4.69, 9.17) is 9.84 Å². The summed E-state index contributed by atoms with van der Waals surface area (Å²) in [7, 11) is 0. The maximum Gasteiger partial charge on any atom is 0.335 e. The highest BCUT2D eigenvalue weighted by atomic mass is 16.5. The summed E-state index contributed by atoms with van der Waals surface area (Å²) in [6.07, 6.45) is -0.429. The second-order valence-corrected chi connectivity index (χ2v) is 3.18. The number of aromatic carboxylic acids is 1. The molecule has 0 saturated carbocycles. The first-order valence-corrected chi connectivity index (χ1v) is 4.51. The van der Waals surface area contributed by atoms with Crippen LogP contribution in [0.25, 0.3) is 0 Å². The van der Waals surface area contributed by atoms with E-state index in [0.717, 1.165) is 0 Å². The minimum absolute atomic E-state index is 0.187. The summed E-state index contributed by atoms with van der Waals surface area (Å²) < 4.78 is 4.94. The summed E-state index contributed by atoms with van der Waals surface area (Å²) in [6, 6.07) is 6.33. The SMILES string of the molecule is CC(=O)OC(C)c1cccc(C(=O)O)c1. The summed E-state index contributed by atoms with van der Waals surface area (Å²) in [4.78, 5) is 21.4. The minimum Gasteiger partial charge on any atom is -0.478 e. The molecule has 1 unspecified atom stereocenters. The zero-order chi connectivity index (χ0) is 11.4. The molecule has 0 radical (unpaired) electrons. The molecule has 0 fully saturated rings. The topological polar surface area (TPSA) is 63.6 Å². The molecule has 0 bridgehead atoms. The van der Waals surface area contributed by atoms with Crippen LogP contribution in [0, 0.1) is 0 Å². The van der Waals surface area contributed by atoms with E-state index in [1.165, 1.54) is 19.1 Å². The standard InChI is InChI=1S/C11H12O4/c1-7(15-8(2)12)9-4-3-5-10(6-9)11(13)14/h3-7H,1-2H3,(H,13,14). The molecular weight excluding hydrogens is 196 g/mol. The van der Waals surface area contributed by atoms with Crippen molar-refractivity contribution in [2.24, 2.45) is 0 Å². The van der Waals surface area contributed by atoms with Gasteiger partial charge in [0, 0.05) is 6.92 Å². The van der Waals surface area contributed by atoms with E-state index in [0.29, 0.717) is 5.56 Å². The predicted octanol–water partition coefficient (Wildman–Crippen LogP) is 2.01. The monoisotopic (exact) mass is 208 g/mol. The van der Waals surface area contributed by atoms with Crippen LogP contribution in [0.5, 0.6) is 0 Å². The van der Waals surface area contributed by atoms with Crippen molar-refractivity contribution < 1.29 is 19.4 Å². The van der Waals surface area contributed by atoms with Gasteiger partial charge in [-0.2, -0.15) is 0 Å². The van der Waals surface area contributed by atoms with Gasteiger partial charge < -0.3 is 9.84 Å². The molecule has 0 aliphatic heterocycles. The minimum atomic E-state index is -0.994. The zero-order valence-electron chi connectivity index (χ0n) is 8.56. The van der Waals surface area contributed by atoms with Crippen molar-refractivity contribution in [1.82, 2.24) is 0 Å². The van der Waals surface area contributed by atoms with Crippen LogP contribution >= 0.6 is 0 Å². The van der Waals surface area contributed by atoms with Gasteiger partial charge in [0.25, 0.3) is 0 Å². The fourth-order valence-corrected chi connectivity index (χ4v) is 1.24. The molecule has 1 rings (SSSR count). The summed E-state index contributed by atoms with van der Waals surface area (Å²) >= 11 is 0. The lowest BCUT2D eigenvalue weighted by Gasteiger charge is -2.12. The molecule has 1 atom stereocenters. The molecule has 0 aliphatic carbocycles. The number of benzene rings is 1. The van der Waals surface area contributed by atoms with Crippen molar-refractivity contribution in [1.29, 1.82) is 0 Å². The Morgan fingerprint density at radius 2 is 2.07 bits per heavy atom. The quantitative estimate of drug-likeness (QED) is 0.772. The number of ether oxygens (including phenoxy) is 1. The Bertz CT molecular complexity index is 384.